The zero-order valence-corrected chi connectivity index (χ0v) is 51.4. The Hall–Kier alpha value is -12.5. The molecule has 20 nitrogen and oxygen atoms in total. The van der Waals surface area contributed by atoms with Crippen molar-refractivity contribution in [3.05, 3.63) is 357 Å². The zero-order valence-electron chi connectivity index (χ0n) is 51.4. The monoisotopic (exact) mass is 1280 g/mol. The van der Waals surface area contributed by atoms with Crippen LogP contribution in [0, 0.1) is 0 Å². The third kappa shape index (κ3) is 14.3. The lowest BCUT2D eigenvalue weighted by Crippen LogP contribution is -2.43. The maximum atomic E-state index is 13.2. The van der Waals surface area contributed by atoms with E-state index in [1.54, 1.807) is 74.5 Å². The van der Waals surface area contributed by atoms with E-state index in [0.717, 1.165) is 38.4 Å². The predicted octanol–water partition coefficient (Wildman–Crippen LogP) is 12.2. The normalized spacial score (nSPS) is 13.2. The SMILES string of the molecule is CCC(=O)O.CCC(=O)ON1C(=O)c2ccccc2C1=O.O=C1c2ccccc2C(=O)N1O.O=C1c2ccccc2C(=O)N1O.O=C1c2ccccc2C(=O)N1OC(c1ccccc1)(c1ccccc1)c1ccccc1.OC(c1ccccc1)(c1ccccc1)c1ccccc1. The van der Waals surface area contributed by atoms with Crippen LogP contribution in [0.2, 0.25) is 0 Å². The number of carboxylic acid groups (broad SMARTS) is 1. The molecule has 8 amide bonds. The number of aliphatic hydroxyl groups is 1. The molecule has 0 saturated carbocycles. The quantitative estimate of drug-likeness (QED) is 0.0532. The van der Waals surface area contributed by atoms with E-state index in [4.69, 9.17) is 20.4 Å². The molecule has 10 aromatic rings. The molecule has 20 heteroatoms. The van der Waals surface area contributed by atoms with Crippen molar-refractivity contribution in [1.82, 2.24) is 20.3 Å². The summed E-state index contributed by atoms with van der Waals surface area (Å²) >= 11 is 0. The molecule has 14 rings (SSSR count). The number of fused-ring (bicyclic) bond motifs is 4. The molecule has 0 atom stereocenters. The number of nitrogens with zero attached hydrogens (tertiary/aromatic N) is 4. The van der Waals surface area contributed by atoms with Crippen LogP contribution in [0.5, 0.6) is 0 Å². The fourth-order valence-electron chi connectivity index (χ4n) is 10.4. The van der Waals surface area contributed by atoms with E-state index in [1.807, 2.05) is 182 Å². The number of carbonyl (C=O) groups excluding carboxylic acids is 9. The molecule has 4 aliphatic heterocycles. The lowest BCUT2D eigenvalue weighted by Gasteiger charge is -2.37. The zero-order chi connectivity index (χ0) is 68.5. The van der Waals surface area contributed by atoms with Gasteiger partial charge in [-0.3, -0.25) is 53.6 Å². The van der Waals surface area contributed by atoms with E-state index >= 15 is 0 Å². The number of aliphatic carboxylic acids is 1. The minimum Gasteiger partial charge on any atom is -0.481 e. The van der Waals surface area contributed by atoms with Crippen LogP contribution in [0.15, 0.2) is 279 Å². The van der Waals surface area contributed by atoms with Gasteiger partial charge in [0.2, 0.25) is 0 Å². The van der Waals surface area contributed by atoms with Gasteiger partial charge in [-0.2, -0.15) is 0 Å². The molecule has 0 unspecified atom stereocenters. The number of carbonyl (C=O) groups is 10. The molecular weight excluding hydrogens is 1220 g/mol. The number of imide groups is 4. The van der Waals surface area contributed by atoms with Gasteiger partial charge >= 0.3 is 11.9 Å². The van der Waals surface area contributed by atoms with Crippen LogP contribution in [0.3, 0.4) is 0 Å². The molecule has 0 fully saturated rings. The van der Waals surface area contributed by atoms with Crippen LogP contribution in [-0.4, -0.2) is 100 Å². The summed E-state index contributed by atoms with van der Waals surface area (Å²) in [4.78, 5) is 126. The van der Waals surface area contributed by atoms with E-state index < -0.39 is 70.4 Å². The first-order valence-electron chi connectivity index (χ1n) is 29.8. The molecule has 0 radical (unpaired) electrons. The van der Waals surface area contributed by atoms with E-state index in [1.165, 1.54) is 36.4 Å². The molecule has 0 saturated heterocycles. The average molecular weight is 1290 g/mol. The highest BCUT2D eigenvalue weighted by molar-refractivity contribution is 6.22. The maximum Gasteiger partial charge on any atom is 0.332 e. The molecule has 96 heavy (non-hydrogen) atoms. The standard InChI is InChI=1S/C27H19NO3.C19H16O.C11H9NO4.2C8H5NO3.C3H6O2/c29-25-23-18-10-11-19-24(23)26(30)28(25)31-27(20-12-4-1-5-13-20,21-14-6-2-7-15-21)22-16-8-3-9-17-22;20-19(16-10-4-1-5-11-16,17-12-6-2-7-13-17)18-14-8-3-9-15-18;1-2-9(13)16-12-10(14)7-5-3-4-6-8(7)11(12)15;2*10-7-5-3-1-2-4-6(5)8(11)9(7)12;1-2-3(4)5/h1-19H;1-15,20H;3-6H,2H2,1H3;2*1-4,12H;2H2,1H3,(H,4,5). The Morgan fingerprint density at radius 2 is 0.510 bits per heavy atom. The summed E-state index contributed by atoms with van der Waals surface area (Å²) in [5.74, 6) is -6.11. The molecule has 0 aromatic heterocycles. The van der Waals surface area contributed by atoms with Gasteiger partial charge in [-0.15, -0.1) is 15.2 Å². The van der Waals surface area contributed by atoms with Gasteiger partial charge in [0.15, 0.2) is 5.60 Å². The predicted molar refractivity (Wildman–Crippen MR) is 347 cm³/mol. The van der Waals surface area contributed by atoms with Crippen LogP contribution in [0.1, 0.15) is 143 Å². The van der Waals surface area contributed by atoms with Crippen LogP contribution in [0.25, 0.3) is 0 Å². The van der Waals surface area contributed by atoms with Gasteiger partial charge in [0, 0.05) is 12.8 Å². The van der Waals surface area contributed by atoms with Crippen molar-refractivity contribution in [1.29, 1.82) is 0 Å². The largest absolute Gasteiger partial charge is 0.481 e. The first-order valence-corrected chi connectivity index (χ1v) is 29.8. The van der Waals surface area contributed by atoms with Crippen molar-refractivity contribution in [2.75, 3.05) is 0 Å². The van der Waals surface area contributed by atoms with E-state index in [0.29, 0.717) is 16.2 Å². The first kappa shape index (κ1) is 67.9. The molecule has 4 N–H and O–H groups in total. The van der Waals surface area contributed by atoms with Crippen LogP contribution in [-0.2, 0) is 30.5 Å². The molecule has 0 spiro atoms. The van der Waals surface area contributed by atoms with Gasteiger partial charge < -0.3 is 15.1 Å². The Morgan fingerprint density at radius 1 is 0.312 bits per heavy atom. The summed E-state index contributed by atoms with van der Waals surface area (Å²) in [5.41, 5.74) is 4.95. The number of amides is 8. The number of hydrogen-bond acceptors (Lipinski definition) is 15. The van der Waals surface area contributed by atoms with E-state index in [2.05, 4.69) is 4.84 Å². The second kappa shape index (κ2) is 30.8. The van der Waals surface area contributed by atoms with Gasteiger partial charge in [-0.25, -0.2) is 9.63 Å². The maximum absolute atomic E-state index is 13.2. The molecule has 0 aliphatic carbocycles. The third-order valence-electron chi connectivity index (χ3n) is 15.2. The topological polar surface area (TPSA) is 283 Å². The second-order valence-corrected chi connectivity index (χ2v) is 21.1. The number of carboxylic acids is 1. The number of hydrogen-bond donors (Lipinski definition) is 4. The Morgan fingerprint density at radius 3 is 0.729 bits per heavy atom. The van der Waals surface area contributed by atoms with Gasteiger partial charge in [0.05, 0.1) is 44.5 Å². The highest BCUT2D eigenvalue weighted by Gasteiger charge is 2.47. The summed E-state index contributed by atoms with van der Waals surface area (Å²) in [7, 11) is 0. The van der Waals surface area contributed by atoms with Crippen LogP contribution >= 0.6 is 0 Å². The smallest absolute Gasteiger partial charge is 0.332 e. The lowest BCUT2D eigenvalue weighted by molar-refractivity contribution is -0.168. The summed E-state index contributed by atoms with van der Waals surface area (Å²) in [5, 5.41) is 38.7. The molecule has 10 aromatic carbocycles. The van der Waals surface area contributed by atoms with Crippen molar-refractivity contribution in [3.63, 3.8) is 0 Å². The van der Waals surface area contributed by atoms with Gasteiger partial charge in [-0.1, -0.05) is 249 Å². The number of benzene rings is 10. The molecule has 480 valence electrons. The van der Waals surface area contributed by atoms with Gasteiger partial charge in [0.1, 0.15) is 5.60 Å². The fourth-order valence-corrected chi connectivity index (χ4v) is 10.4. The first-order chi connectivity index (χ1) is 46.4. The lowest BCUT2D eigenvalue weighted by atomic mass is 9.80. The third-order valence-corrected chi connectivity index (χ3v) is 15.2. The second-order valence-electron chi connectivity index (χ2n) is 21.1. The van der Waals surface area contributed by atoms with Gasteiger partial charge in [-0.05, 0) is 81.9 Å². The minimum atomic E-state index is -1.20. The Balaban J connectivity index is 0.000000145. The molecule has 4 heterocycles. The minimum absolute atomic E-state index is 0.105. The molecule has 4 aliphatic rings. The highest BCUT2D eigenvalue weighted by atomic mass is 16.7. The molecule has 0 bridgehead atoms. The molecular formula is C76H60N4O16. The average Bonchev–Trinajstić information content (AvgIpc) is 1.34. The summed E-state index contributed by atoms with van der Waals surface area (Å²) in [6, 6.07) is 84.0. The van der Waals surface area contributed by atoms with Crippen molar-refractivity contribution < 1.29 is 78.2 Å². The van der Waals surface area contributed by atoms with E-state index in [9.17, 15) is 53.1 Å². The van der Waals surface area contributed by atoms with Crippen molar-refractivity contribution in [2.24, 2.45) is 0 Å². The Kier molecular flexibility index (Phi) is 21.8. The van der Waals surface area contributed by atoms with Crippen molar-refractivity contribution in [2.45, 2.75) is 37.9 Å². The number of rotatable bonds is 11. The highest BCUT2D eigenvalue weighted by Crippen LogP contribution is 2.43. The van der Waals surface area contributed by atoms with Crippen LogP contribution < -0.4 is 0 Å². The van der Waals surface area contributed by atoms with Gasteiger partial charge in [0.25, 0.3) is 47.3 Å². The number of hydroxylamine groups is 8. The summed E-state index contributed by atoms with van der Waals surface area (Å²) in [6.07, 6.45) is 0.327. The fraction of sp³-hybridized carbons (Fsp3) is 0.0789. The van der Waals surface area contributed by atoms with E-state index in [-0.39, 0.29) is 56.3 Å². The Labute approximate surface area is 550 Å². The summed E-state index contributed by atoms with van der Waals surface area (Å²) < 4.78 is 0. The van der Waals surface area contributed by atoms with Crippen molar-refractivity contribution >= 4 is 59.2 Å². The Bertz CT molecular complexity index is 4090. The van der Waals surface area contributed by atoms with Crippen molar-refractivity contribution in [3.8, 4) is 0 Å². The van der Waals surface area contributed by atoms with Crippen LogP contribution in [0.4, 0.5) is 0 Å². The summed E-state index contributed by atoms with van der Waals surface area (Å²) in [6.45, 7) is 3.18.